The largest absolute Gasteiger partial charge is 0.462 e. The number of nitrogen functional groups attached to an aromatic ring is 1. The van der Waals surface area contributed by atoms with Crippen molar-refractivity contribution in [3.05, 3.63) is 23.8 Å². The van der Waals surface area contributed by atoms with Gasteiger partial charge in [-0.3, -0.25) is 0 Å². The molecule has 1 atom stereocenters. The summed E-state index contributed by atoms with van der Waals surface area (Å²) in [5.41, 5.74) is 6.38. The van der Waals surface area contributed by atoms with Gasteiger partial charge in [-0.15, -0.1) is 11.8 Å². The predicted molar refractivity (Wildman–Crippen MR) is 70.6 cm³/mol. The van der Waals surface area contributed by atoms with E-state index in [2.05, 4.69) is 0 Å². The quantitative estimate of drug-likeness (QED) is 0.404. The van der Waals surface area contributed by atoms with Crippen LogP contribution in [0.4, 0.5) is 5.69 Å². The summed E-state index contributed by atoms with van der Waals surface area (Å²) in [6.45, 7) is 1.73. The first-order chi connectivity index (χ1) is 8.58. The zero-order chi connectivity index (χ0) is 13.5. The highest BCUT2D eigenvalue weighted by Gasteiger charge is 2.12. The van der Waals surface area contributed by atoms with E-state index in [4.69, 9.17) is 15.6 Å². The lowest BCUT2D eigenvalue weighted by molar-refractivity contribution is 0.0527. The molecule has 0 heterocycles. The molecule has 0 fully saturated rings. The van der Waals surface area contributed by atoms with E-state index in [1.807, 2.05) is 0 Å². The Kier molecular flexibility index (Phi) is 5.97. The Morgan fingerprint density at radius 2 is 2.28 bits per heavy atom. The van der Waals surface area contributed by atoms with Gasteiger partial charge >= 0.3 is 5.97 Å². The summed E-state index contributed by atoms with van der Waals surface area (Å²) in [6, 6.07) is 5.01. The third kappa shape index (κ3) is 4.21. The maximum atomic E-state index is 11.6. The molecule has 0 aliphatic rings. The summed E-state index contributed by atoms with van der Waals surface area (Å²) < 4.78 is 4.89. The monoisotopic (exact) mass is 271 g/mol. The number of nitrogens with two attached hydrogens (primary N) is 1. The van der Waals surface area contributed by atoms with Crippen LogP contribution in [0.25, 0.3) is 0 Å². The van der Waals surface area contributed by atoms with Crippen molar-refractivity contribution >= 4 is 23.4 Å². The number of rotatable bonds is 6. The van der Waals surface area contributed by atoms with Gasteiger partial charge in [0.05, 0.1) is 24.9 Å². The van der Waals surface area contributed by atoms with Gasteiger partial charge in [0, 0.05) is 16.3 Å². The summed E-state index contributed by atoms with van der Waals surface area (Å²) in [5, 5.41) is 18.0. The molecule has 6 heteroatoms. The molecule has 1 aromatic carbocycles. The van der Waals surface area contributed by atoms with Crippen molar-refractivity contribution in [3.63, 3.8) is 0 Å². The van der Waals surface area contributed by atoms with Crippen molar-refractivity contribution < 1.29 is 19.7 Å². The second-order valence-electron chi connectivity index (χ2n) is 3.62. The molecule has 0 aliphatic carbocycles. The first-order valence-corrected chi connectivity index (χ1v) is 6.55. The molecule has 0 saturated heterocycles. The van der Waals surface area contributed by atoms with Gasteiger partial charge in [0.1, 0.15) is 0 Å². The van der Waals surface area contributed by atoms with Crippen molar-refractivity contribution in [2.45, 2.75) is 17.9 Å². The van der Waals surface area contributed by atoms with E-state index >= 15 is 0 Å². The van der Waals surface area contributed by atoms with E-state index in [9.17, 15) is 9.90 Å². The molecule has 1 unspecified atom stereocenters. The summed E-state index contributed by atoms with van der Waals surface area (Å²) in [6.07, 6.45) is -0.779. The number of aliphatic hydroxyl groups is 2. The average molecular weight is 271 g/mol. The SMILES string of the molecule is CCOC(=O)c1cc(SCC(O)CO)ccc1N. The molecule has 0 bridgehead atoms. The van der Waals surface area contributed by atoms with Gasteiger partial charge in [-0.1, -0.05) is 0 Å². The Morgan fingerprint density at radius 3 is 2.89 bits per heavy atom. The highest BCUT2D eigenvalue weighted by Crippen LogP contribution is 2.24. The Labute approximate surface area is 110 Å². The number of hydrogen-bond acceptors (Lipinski definition) is 6. The van der Waals surface area contributed by atoms with Crippen molar-refractivity contribution in [1.29, 1.82) is 0 Å². The Hall–Kier alpha value is -1.24. The highest BCUT2D eigenvalue weighted by molar-refractivity contribution is 7.99. The van der Waals surface area contributed by atoms with Crippen LogP contribution >= 0.6 is 11.8 Å². The fourth-order valence-electron chi connectivity index (χ4n) is 1.26. The van der Waals surface area contributed by atoms with Crippen molar-refractivity contribution in [3.8, 4) is 0 Å². The molecule has 18 heavy (non-hydrogen) atoms. The van der Waals surface area contributed by atoms with Crippen molar-refractivity contribution in [2.75, 3.05) is 24.7 Å². The molecule has 1 rings (SSSR count). The number of hydrogen-bond donors (Lipinski definition) is 3. The van der Waals surface area contributed by atoms with Crippen LogP contribution in [0.3, 0.4) is 0 Å². The third-order valence-corrected chi connectivity index (χ3v) is 3.31. The highest BCUT2D eigenvalue weighted by atomic mass is 32.2. The Bertz CT molecular complexity index is 411. The minimum atomic E-state index is -0.779. The van der Waals surface area contributed by atoms with E-state index in [1.54, 1.807) is 25.1 Å². The molecule has 4 N–H and O–H groups in total. The molecule has 0 radical (unpaired) electrons. The number of benzene rings is 1. The van der Waals surface area contributed by atoms with Crippen LogP contribution in [0.5, 0.6) is 0 Å². The molecule has 5 nitrogen and oxygen atoms in total. The lowest BCUT2D eigenvalue weighted by Gasteiger charge is -2.09. The fourth-order valence-corrected chi connectivity index (χ4v) is 2.11. The lowest BCUT2D eigenvalue weighted by atomic mass is 10.2. The van der Waals surface area contributed by atoms with E-state index in [0.29, 0.717) is 23.6 Å². The maximum Gasteiger partial charge on any atom is 0.340 e. The minimum Gasteiger partial charge on any atom is -0.462 e. The second kappa shape index (κ2) is 7.25. The van der Waals surface area contributed by atoms with Crippen molar-refractivity contribution in [1.82, 2.24) is 0 Å². The summed E-state index contributed by atoms with van der Waals surface area (Å²) in [4.78, 5) is 12.4. The van der Waals surface area contributed by atoms with E-state index in [1.165, 1.54) is 11.8 Å². The van der Waals surface area contributed by atoms with Crippen LogP contribution in [0, 0.1) is 0 Å². The number of anilines is 1. The van der Waals surface area contributed by atoms with Crippen LogP contribution in [0.1, 0.15) is 17.3 Å². The third-order valence-electron chi connectivity index (χ3n) is 2.17. The number of aliphatic hydroxyl groups excluding tert-OH is 2. The van der Waals surface area contributed by atoms with Gasteiger partial charge in [0.2, 0.25) is 0 Å². The normalized spacial score (nSPS) is 12.2. The summed E-state index contributed by atoms with van der Waals surface area (Å²) in [7, 11) is 0. The van der Waals surface area contributed by atoms with E-state index in [0.717, 1.165) is 4.90 Å². The van der Waals surface area contributed by atoms with Gasteiger partial charge in [0.15, 0.2) is 0 Å². The molecule has 0 spiro atoms. The van der Waals surface area contributed by atoms with E-state index < -0.39 is 12.1 Å². The number of carbonyl (C=O) groups is 1. The number of ether oxygens (including phenoxy) is 1. The fraction of sp³-hybridized carbons (Fsp3) is 0.417. The maximum absolute atomic E-state index is 11.6. The number of thioether (sulfide) groups is 1. The average Bonchev–Trinajstić information content (AvgIpc) is 2.37. The molecule has 100 valence electrons. The molecular weight excluding hydrogens is 254 g/mol. The first kappa shape index (κ1) is 14.8. The molecular formula is C12H17NO4S. The Morgan fingerprint density at radius 1 is 1.56 bits per heavy atom. The van der Waals surface area contributed by atoms with Crippen molar-refractivity contribution in [2.24, 2.45) is 0 Å². The van der Waals surface area contributed by atoms with Gasteiger partial charge < -0.3 is 20.7 Å². The van der Waals surface area contributed by atoms with Crippen LogP contribution in [0.2, 0.25) is 0 Å². The second-order valence-corrected chi connectivity index (χ2v) is 4.71. The van der Waals surface area contributed by atoms with Crippen LogP contribution in [-0.2, 0) is 4.74 Å². The lowest BCUT2D eigenvalue weighted by Crippen LogP contribution is -2.14. The van der Waals surface area contributed by atoms with Crippen LogP contribution in [-0.4, -0.2) is 41.3 Å². The molecule has 0 saturated carbocycles. The van der Waals surface area contributed by atoms with E-state index in [-0.39, 0.29) is 6.61 Å². The smallest absolute Gasteiger partial charge is 0.340 e. The molecule has 1 aromatic rings. The van der Waals surface area contributed by atoms with Gasteiger partial charge in [0.25, 0.3) is 0 Å². The molecule has 0 aromatic heterocycles. The zero-order valence-electron chi connectivity index (χ0n) is 10.1. The molecule has 0 aliphatic heterocycles. The van der Waals surface area contributed by atoms with Crippen LogP contribution < -0.4 is 5.73 Å². The number of carbonyl (C=O) groups excluding carboxylic acids is 1. The minimum absolute atomic E-state index is 0.285. The first-order valence-electron chi connectivity index (χ1n) is 5.56. The summed E-state index contributed by atoms with van der Waals surface area (Å²) >= 11 is 1.34. The topological polar surface area (TPSA) is 92.8 Å². The summed E-state index contributed by atoms with van der Waals surface area (Å²) in [5.74, 6) is -0.108. The molecule has 0 amide bonds. The van der Waals surface area contributed by atoms with Gasteiger partial charge in [-0.25, -0.2) is 4.79 Å². The van der Waals surface area contributed by atoms with Gasteiger partial charge in [-0.2, -0.15) is 0 Å². The number of esters is 1. The standard InChI is InChI=1S/C12H17NO4S/c1-2-17-12(16)10-5-9(3-4-11(10)13)18-7-8(15)6-14/h3-5,8,14-15H,2,6-7,13H2,1H3. The van der Waals surface area contributed by atoms with Crippen LogP contribution in [0.15, 0.2) is 23.1 Å². The predicted octanol–water partition coefficient (Wildman–Crippen LogP) is 0.891. The van der Waals surface area contributed by atoms with Gasteiger partial charge in [-0.05, 0) is 25.1 Å². The zero-order valence-corrected chi connectivity index (χ0v) is 10.9. The Balaban J connectivity index is 2.77.